The zero-order valence-corrected chi connectivity index (χ0v) is 29.8. The molecule has 3 nitrogen and oxygen atoms in total. The summed E-state index contributed by atoms with van der Waals surface area (Å²) >= 11 is 0. The first-order chi connectivity index (χ1) is 26.7. The second-order valence-electron chi connectivity index (χ2n) is 14.2. The Hall–Kier alpha value is -6.84. The van der Waals surface area contributed by atoms with Gasteiger partial charge < -0.3 is 14.2 Å². The van der Waals surface area contributed by atoms with Gasteiger partial charge in [-0.3, -0.25) is 0 Å². The molecule has 0 fully saturated rings. The van der Waals surface area contributed by atoms with Crippen molar-refractivity contribution < 1.29 is 4.42 Å². The van der Waals surface area contributed by atoms with Crippen LogP contribution in [0.2, 0.25) is 0 Å². The fraction of sp³-hybridized carbons (Fsp3) is 0.0588. The van der Waals surface area contributed by atoms with Gasteiger partial charge in [-0.2, -0.15) is 0 Å². The Morgan fingerprint density at radius 1 is 0.648 bits per heavy atom. The Morgan fingerprint density at radius 2 is 1.43 bits per heavy atom. The maximum atomic E-state index is 6.51. The van der Waals surface area contributed by atoms with Crippen LogP contribution in [0.3, 0.4) is 0 Å². The van der Waals surface area contributed by atoms with E-state index in [1.807, 2.05) is 12.1 Å². The number of benzene rings is 6. The summed E-state index contributed by atoms with van der Waals surface area (Å²) in [5, 5.41) is 4.72. The van der Waals surface area contributed by atoms with Crippen LogP contribution in [0, 0.1) is 5.92 Å². The molecule has 258 valence electrons. The average Bonchev–Trinajstić information content (AvgIpc) is 3.64. The molecule has 10 rings (SSSR count). The predicted molar refractivity (Wildman–Crippen MR) is 229 cm³/mol. The first kappa shape index (κ1) is 31.9. The molecule has 2 heterocycles. The van der Waals surface area contributed by atoms with Gasteiger partial charge in [0, 0.05) is 45.9 Å². The number of fused-ring (bicyclic) bond motifs is 6. The van der Waals surface area contributed by atoms with Crippen LogP contribution < -0.4 is 9.80 Å². The van der Waals surface area contributed by atoms with E-state index in [0.29, 0.717) is 6.54 Å². The van der Waals surface area contributed by atoms with E-state index in [1.54, 1.807) is 0 Å². The molecule has 54 heavy (non-hydrogen) atoms. The lowest BCUT2D eigenvalue weighted by molar-refractivity contribution is 0.640. The molecule has 3 aliphatic rings. The summed E-state index contributed by atoms with van der Waals surface area (Å²) in [5.41, 5.74) is 11.9. The molecule has 0 saturated heterocycles. The number of allylic oxidation sites excluding steroid dienone is 9. The van der Waals surface area contributed by atoms with E-state index in [2.05, 4.69) is 198 Å². The van der Waals surface area contributed by atoms with Crippen LogP contribution in [0.25, 0.3) is 43.9 Å². The largest absolute Gasteiger partial charge is 0.454 e. The molecular weight excluding hydrogens is 657 g/mol. The molecule has 3 heteroatoms. The molecule has 1 aliphatic heterocycles. The van der Waals surface area contributed by atoms with Crippen molar-refractivity contribution in [3.63, 3.8) is 0 Å². The second-order valence-corrected chi connectivity index (χ2v) is 14.2. The second kappa shape index (κ2) is 13.3. The van der Waals surface area contributed by atoms with Crippen molar-refractivity contribution in [3.05, 3.63) is 217 Å². The lowest BCUT2D eigenvalue weighted by atomic mass is 9.83. The van der Waals surface area contributed by atoms with Gasteiger partial charge in [0.2, 0.25) is 0 Å². The highest BCUT2D eigenvalue weighted by molar-refractivity contribution is 6.10. The van der Waals surface area contributed by atoms with Crippen LogP contribution in [0.5, 0.6) is 0 Å². The molecule has 2 atom stereocenters. The van der Waals surface area contributed by atoms with Crippen LogP contribution in [-0.4, -0.2) is 12.6 Å². The zero-order chi connectivity index (χ0) is 36.0. The van der Waals surface area contributed by atoms with Crippen LogP contribution in [0.4, 0.5) is 22.7 Å². The quantitative estimate of drug-likeness (QED) is 0.179. The van der Waals surface area contributed by atoms with E-state index in [-0.39, 0.29) is 12.0 Å². The van der Waals surface area contributed by atoms with Gasteiger partial charge in [0.05, 0.1) is 11.7 Å². The number of hydrogen-bond donors (Lipinski definition) is 0. The van der Waals surface area contributed by atoms with E-state index in [1.165, 1.54) is 22.0 Å². The standard InChI is InChI=1S/C51H38N2O/c1-35-33-39(17-12-32-52(47-22-8-6-18-43(35)47)49-24-11-21-46-45-20-7-9-25-50(45)54-51(46)49)37-26-29-41(30-27-37)53(42-31-28-36-13-2-3-15-40(36)34-42)48-23-10-16-38-14-4-5-19-44(38)48/h2-31,33-34,44,48H,1,32H2/b17-12-,39-33+/t44-,48?/m1/s1. The number of anilines is 4. The monoisotopic (exact) mass is 694 g/mol. The summed E-state index contributed by atoms with van der Waals surface area (Å²) in [6.45, 7) is 5.28. The number of para-hydroxylation sites is 3. The van der Waals surface area contributed by atoms with Gasteiger partial charge >= 0.3 is 0 Å². The molecule has 0 amide bonds. The van der Waals surface area contributed by atoms with E-state index < -0.39 is 0 Å². The summed E-state index contributed by atoms with van der Waals surface area (Å²) in [4.78, 5) is 4.84. The highest BCUT2D eigenvalue weighted by Crippen LogP contribution is 2.42. The molecule has 7 aromatic rings. The maximum Gasteiger partial charge on any atom is 0.159 e. The first-order valence-corrected chi connectivity index (χ1v) is 18.7. The fourth-order valence-corrected chi connectivity index (χ4v) is 8.36. The molecule has 0 N–H and O–H groups in total. The smallest absolute Gasteiger partial charge is 0.159 e. The van der Waals surface area contributed by atoms with Crippen molar-refractivity contribution in [1.29, 1.82) is 0 Å². The van der Waals surface area contributed by atoms with Gasteiger partial charge in [-0.25, -0.2) is 0 Å². The van der Waals surface area contributed by atoms with Crippen molar-refractivity contribution in [2.75, 3.05) is 16.3 Å². The Morgan fingerprint density at radius 3 is 2.35 bits per heavy atom. The SMILES string of the molecule is C=C1/C=C(c2ccc(N(c3ccc4ccccc4c3)C3C=CC=C4C=CC=C[C@H]43)cc2)\C=C/CN(c2cccc3c2oc2ccccc23)c2ccccc21. The number of furan rings is 1. The molecule has 2 aliphatic carbocycles. The Labute approximate surface area is 315 Å². The minimum Gasteiger partial charge on any atom is -0.454 e. The predicted octanol–water partition coefficient (Wildman–Crippen LogP) is 13.3. The Bertz CT molecular complexity index is 2790. The van der Waals surface area contributed by atoms with Crippen LogP contribution in [0.15, 0.2) is 211 Å². The molecule has 0 saturated carbocycles. The molecular formula is C51H38N2O. The Balaban J connectivity index is 1.03. The van der Waals surface area contributed by atoms with Crippen molar-refractivity contribution in [2.24, 2.45) is 5.92 Å². The van der Waals surface area contributed by atoms with E-state index >= 15 is 0 Å². The highest BCUT2D eigenvalue weighted by Gasteiger charge is 2.30. The maximum absolute atomic E-state index is 6.51. The highest BCUT2D eigenvalue weighted by atomic mass is 16.3. The summed E-state index contributed by atoms with van der Waals surface area (Å²) < 4.78 is 6.51. The molecule has 0 bridgehead atoms. The van der Waals surface area contributed by atoms with Gasteiger partial charge in [0.25, 0.3) is 0 Å². The van der Waals surface area contributed by atoms with Gasteiger partial charge in [0.1, 0.15) is 5.58 Å². The van der Waals surface area contributed by atoms with Crippen LogP contribution in [0.1, 0.15) is 11.1 Å². The zero-order valence-electron chi connectivity index (χ0n) is 29.8. The molecule has 1 aromatic heterocycles. The van der Waals surface area contributed by atoms with Crippen molar-refractivity contribution in [3.8, 4) is 0 Å². The minimum atomic E-state index is 0.126. The average molecular weight is 695 g/mol. The van der Waals surface area contributed by atoms with Crippen molar-refractivity contribution in [1.82, 2.24) is 0 Å². The van der Waals surface area contributed by atoms with Crippen molar-refractivity contribution in [2.45, 2.75) is 6.04 Å². The lowest BCUT2D eigenvalue weighted by Gasteiger charge is -2.39. The van der Waals surface area contributed by atoms with E-state index in [9.17, 15) is 0 Å². The third-order valence-electron chi connectivity index (χ3n) is 11.0. The minimum absolute atomic E-state index is 0.126. The number of hydrogen-bond acceptors (Lipinski definition) is 3. The number of rotatable bonds is 5. The van der Waals surface area contributed by atoms with Gasteiger partial charge in [-0.15, -0.1) is 0 Å². The van der Waals surface area contributed by atoms with Gasteiger partial charge in [-0.05, 0) is 81.6 Å². The molecule has 0 radical (unpaired) electrons. The topological polar surface area (TPSA) is 19.6 Å². The van der Waals surface area contributed by atoms with E-state index in [4.69, 9.17) is 4.42 Å². The number of nitrogens with zero attached hydrogens (tertiary/aromatic N) is 2. The van der Waals surface area contributed by atoms with Crippen LogP contribution >= 0.6 is 0 Å². The Kier molecular flexibility index (Phi) is 7.84. The third kappa shape index (κ3) is 5.53. The van der Waals surface area contributed by atoms with E-state index in [0.717, 1.165) is 61.3 Å². The normalized spacial score (nSPS) is 19.4. The fourth-order valence-electron chi connectivity index (χ4n) is 8.36. The third-order valence-corrected chi connectivity index (χ3v) is 11.0. The molecule has 6 aromatic carbocycles. The summed E-state index contributed by atoms with van der Waals surface area (Å²) in [6.07, 6.45) is 22.4. The summed E-state index contributed by atoms with van der Waals surface area (Å²) in [6, 6.07) is 47.8. The van der Waals surface area contributed by atoms with Gasteiger partial charge in [0.15, 0.2) is 5.58 Å². The van der Waals surface area contributed by atoms with Gasteiger partial charge in [-0.1, -0.05) is 152 Å². The molecule has 0 spiro atoms. The summed E-state index contributed by atoms with van der Waals surface area (Å²) in [7, 11) is 0. The molecule has 1 unspecified atom stereocenters. The van der Waals surface area contributed by atoms with Crippen LogP contribution in [-0.2, 0) is 0 Å². The first-order valence-electron chi connectivity index (χ1n) is 18.7. The lowest BCUT2D eigenvalue weighted by Crippen LogP contribution is -2.37. The van der Waals surface area contributed by atoms with Crippen molar-refractivity contribution >= 4 is 66.6 Å². The summed E-state index contributed by atoms with van der Waals surface area (Å²) in [5.74, 6) is 0.253.